The third-order valence-electron chi connectivity index (χ3n) is 1.29. The van der Waals surface area contributed by atoms with Crippen LogP contribution >= 0.6 is 0 Å². The predicted molar refractivity (Wildman–Crippen MR) is 51.1 cm³/mol. The highest BCUT2D eigenvalue weighted by atomic mass is 16.4. The first-order chi connectivity index (χ1) is 7.41. The molecule has 1 heterocycles. The molecule has 6 heteroatoms. The first kappa shape index (κ1) is 13.6. The molecule has 0 radical (unpaired) electrons. The Bertz CT molecular complexity index is 367. The lowest BCUT2D eigenvalue weighted by molar-refractivity contribution is -0.671. The molecule has 0 aliphatic carbocycles. The van der Waals surface area contributed by atoms with Crippen LogP contribution < -0.4 is 9.67 Å². The molecular weight excluding hydrogens is 214 g/mol. The van der Waals surface area contributed by atoms with Crippen molar-refractivity contribution in [2.75, 3.05) is 0 Å². The second-order valence-corrected chi connectivity index (χ2v) is 2.72. The quantitative estimate of drug-likeness (QED) is 0.476. The number of carbonyl (C=O) groups is 2. The Morgan fingerprint density at radius 2 is 2.06 bits per heavy atom. The molecule has 0 aromatic carbocycles. The smallest absolute Gasteiger partial charge is 0.328 e. The van der Waals surface area contributed by atoms with Gasteiger partial charge in [-0.25, -0.2) is 9.36 Å². The van der Waals surface area contributed by atoms with Gasteiger partial charge in [-0.05, 0) is 12.1 Å². The predicted octanol–water partition coefficient (Wildman–Crippen LogP) is -1.41. The number of nitrogens with zero attached hydrogens (tertiary/aromatic N) is 1. The summed E-state index contributed by atoms with van der Waals surface area (Å²) in [6.45, 7) is 0. The van der Waals surface area contributed by atoms with Gasteiger partial charge in [0, 0.05) is 12.1 Å². The van der Waals surface area contributed by atoms with E-state index in [1.807, 2.05) is 13.2 Å². The fourth-order valence-corrected chi connectivity index (χ4v) is 0.711. The number of aryl methyl sites for hydroxylation is 1. The van der Waals surface area contributed by atoms with Gasteiger partial charge in [-0.3, -0.25) is 0 Å². The lowest BCUT2D eigenvalue weighted by Gasteiger charge is -1.85. The van der Waals surface area contributed by atoms with E-state index < -0.39 is 11.9 Å². The molecule has 1 rings (SSSR count). The number of rotatable bonds is 2. The molecular formula is C10H11NO5. The van der Waals surface area contributed by atoms with Gasteiger partial charge < -0.3 is 20.1 Å². The molecule has 0 aliphatic rings. The van der Waals surface area contributed by atoms with Gasteiger partial charge in [-0.2, -0.15) is 0 Å². The van der Waals surface area contributed by atoms with E-state index in [1.165, 1.54) is 0 Å². The first-order valence-electron chi connectivity index (χ1n) is 4.18. The first-order valence-corrected chi connectivity index (χ1v) is 4.18. The van der Waals surface area contributed by atoms with Crippen molar-refractivity contribution in [1.29, 1.82) is 0 Å². The Labute approximate surface area is 91.7 Å². The standard InChI is InChI=1S/C6H7NO.C4H4O4/c1-7-4-2-3-6(8)5-7;5-3(6)1-2-4(7)8/h2-5H,1H3;1-2H,(H,5,6)(H,7,8)/b;2-1+. The van der Waals surface area contributed by atoms with Gasteiger partial charge in [0.2, 0.25) is 6.20 Å². The second kappa shape index (κ2) is 6.99. The molecule has 0 saturated carbocycles. The van der Waals surface area contributed by atoms with Gasteiger partial charge in [0.05, 0.1) is 5.97 Å². The summed E-state index contributed by atoms with van der Waals surface area (Å²) in [4.78, 5) is 19.0. The monoisotopic (exact) mass is 225 g/mol. The molecule has 0 aliphatic heterocycles. The molecule has 6 nitrogen and oxygen atoms in total. The molecule has 0 bridgehead atoms. The number of aliphatic carboxylic acids is 2. The zero-order chi connectivity index (χ0) is 12.6. The average molecular weight is 225 g/mol. The summed E-state index contributed by atoms with van der Waals surface area (Å²) in [6, 6.07) is 3.43. The molecule has 16 heavy (non-hydrogen) atoms. The number of pyridine rings is 1. The van der Waals surface area contributed by atoms with Crippen LogP contribution in [0.4, 0.5) is 0 Å². The average Bonchev–Trinajstić information content (AvgIpc) is 2.15. The number of aromatic nitrogens is 1. The Hall–Kier alpha value is -2.37. The summed E-state index contributed by atoms with van der Waals surface area (Å²) >= 11 is 0. The van der Waals surface area contributed by atoms with Crippen molar-refractivity contribution in [3.63, 3.8) is 0 Å². The summed E-state index contributed by atoms with van der Waals surface area (Å²) in [6.07, 6.45) is 4.44. The van der Waals surface area contributed by atoms with Crippen molar-refractivity contribution < 1.29 is 29.5 Å². The lowest BCUT2D eigenvalue weighted by Crippen LogP contribution is -2.25. The largest absolute Gasteiger partial charge is 0.545 e. The highest BCUT2D eigenvalue weighted by molar-refractivity contribution is 5.88. The van der Waals surface area contributed by atoms with E-state index in [-0.39, 0.29) is 0 Å². The topological polar surface area (TPSA) is 102 Å². The van der Waals surface area contributed by atoms with Crippen LogP contribution in [0.3, 0.4) is 0 Å². The normalized spacial score (nSPS) is 9.31. The number of aromatic hydroxyl groups is 1. The van der Waals surface area contributed by atoms with E-state index in [0.717, 1.165) is 0 Å². The van der Waals surface area contributed by atoms with Crippen molar-refractivity contribution >= 4 is 11.9 Å². The number of carboxylic acid groups (broad SMARTS) is 2. The summed E-state index contributed by atoms with van der Waals surface area (Å²) in [5.74, 6) is -2.50. The van der Waals surface area contributed by atoms with Crippen LogP contribution in [-0.2, 0) is 16.6 Å². The molecule has 0 atom stereocenters. The van der Waals surface area contributed by atoms with Gasteiger partial charge in [-0.1, -0.05) is 0 Å². The van der Waals surface area contributed by atoms with E-state index >= 15 is 0 Å². The van der Waals surface area contributed by atoms with E-state index in [2.05, 4.69) is 0 Å². The van der Waals surface area contributed by atoms with E-state index in [1.54, 1.807) is 22.9 Å². The molecule has 0 spiro atoms. The molecule has 2 N–H and O–H groups in total. The van der Waals surface area contributed by atoms with Crippen molar-refractivity contribution in [1.82, 2.24) is 0 Å². The highest BCUT2D eigenvalue weighted by Gasteiger charge is 1.89. The van der Waals surface area contributed by atoms with Gasteiger partial charge in [-0.15, -0.1) is 0 Å². The third-order valence-corrected chi connectivity index (χ3v) is 1.29. The lowest BCUT2D eigenvalue weighted by atomic mass is 10.5. The maximum atomic E-state index is 9.53. The number of carbonyl (C=O) groups excluding carboxylic acids is 1. The SMILES string of the molecule is C[n+]1cccc(O)c1.O=C([O-])/C=C/C(=O)O. The van der Waals surface area contributed by atoms with E-state index in [4.69, 9.17) is 10.2 Å². The summed E-state index contributed by atoms with van der Waals surface area (Å²) in [7, 11) is 1.86. The third kappa shape index (κ3) is 8.24. The Morgan fingerprint density at radius 1 is 1.44 bits per heavy atom. The van der Waals surface area contributed by atoms with Crippen LogP contribution in [-0.4, -0.2) is 22.2 Å². The van der Waals surface area contributed by atoms with Gasteiger partial charge >= 0.3 is 5.97 Å². The van der Waals surface area contributed by atoms with Crippen LogP contribution in [0.5, 0.6) is 5.75 Å². The zero-order valence-corrected chi connectivity index (χ0v) is 8.53. The Kier molecular flexibility index (Phi) is 5.96. The van der Waals surface area contributed by atoms with Crippen LogP contribution in [0.15, 0.2) is 36.7 Å². The number of carboxylic acids is 2. The summed E-state index contributed by atoms with van der Waals surface area (Å²) < 4.78 is 1.79. The van der Waals surface area contributed by atoms with Gasteiger partial charge in [0.15, 0.2) is 11.9 Å². The fraction of sp³-hybridized carbons (Fsp3) is 0.100. The Morgan fingerprint density at radius 3 is 2.31 bits per heavy atom. The van der Waals surface area contributed by atoms with Crippen molar-refractivity contribution in [2.45, 2.75) is 0 Å². The minimum atomic E-state index is -1.51. The van der Waals surface area contributed by atoms with Crippen LogP contribution in [0.1, 0.15) is 0 Å². The van der Waals surface area contributed by atoms with Crippen LogP contribution in [0, 0.1) is 0 Å². The maximum absolute atomic E-state index is 9.53. The molecule has 0 unspecified atom stereocenters. The highest BCUT2D eigenvalue weighted by Crippen LogP contribution is 1.98. The van der Waals surface area contributed by atoms with Crippen LogP contribution in [0.2, 0.25) is 0 Å². The van der Waals surface area contributed by atoms with E-state index in [9.17, 15) is 14.7 Å². The van der Waals surface area contributed by atoms with Crippen molar-refractivity contribution in [2.24, 2.45) is 7.05 Å². The van der Waals surface area contributed by atoms with Crippen molar-refractivity contribution in [3.8, 4) is 5.75 Å². The summed E-state index contributed by atoms with van der Waals surface area (Å²) in [5.41, 5.74) is 0. The molecule has 0 saturated heterocycles. The zero-order valence-electron chi connectivity index (χ0n) is 8.53. The fourth-order valence-electron chi connectivity index (χ4n) is 0.711. The van der Waals surface area contributed by atoms with E-state index in [0.29, 0.717) is 17.9 Å². The number of hydrogen-bond acceptors (Lipinski definition) is 4. The molecule has 0 fully saturated rings. The van der Waals surface area contributed by atoms with Crippen LogP contribution in [0.25, 0.3) is 0 Å². The van der Waals surface area contributed by atoms with Gasteiger partial charge in [0.25, 0.3) is 0 Å². The minimum Gasteiger partial charge on any atom is -0.545 e. The van der Waals surface area contributed by atoms with Gasteiger partial charge in [0.1, 0.15) is 7.05 Å². The minimum absolute atomic E-state index is 0.301. The van der Waals surface area contributed by atoms with Crippen molar-refractivity contribution in [3.05, 3.63) is 36.7 Å². The Balaban J connectivity index is 0.000000281. The second-order valence-electron chi connectivity index (χ2n) is 2.72. The maximum Gasteiger partial charge on any atom is 0.328 e. The molecule has 1 aromatic rings. The number of hydrogen-bond donors (Lipinski definition) is 2. The molecule has 0 amide bonds. The summed E-state index contributed by atoms with van der Waals surface area (Å²) in [5, 5.41) is 26.0. The molecule has 86 valence electrons. The molecule has 1 aromatic heterocycles.